The van der Waals surface area contributed by atoms with E-state index in [1.54, 1.807) is 30.6 Å². The minimum absolute atomic E-state index is 0.295. The fraction of sp³-hybridized carbons (Fsp3) is 0. The highest BCUT2D eigenvalue weighted by Crippen LogP contribution is 2.32. The number of H-pyrrole nitrogens is 2. The fourth-order valence-corrected chi connectivity index (χ4v) is 3.81. The molecule has 2 N–H and O–H groups in total. The number of hydrogen-bond donors (Lipinski definition) is 2. The first-order valence-corrected chi connectivity index (χ1v) is 9.77. The zero-order valence-electron chi connectivity index (χ0n) is 16.2. The third-order valence-electron chi connectivity index (χ3n) is 5.30. The van der Waals surface area contributed by atoms with Gasteiger partial charge in [0.1, 0.15) is 11.5 Å². The Bertz CT molecular complexity index is 1550. The van der Waals surface area contributed by atoms with Crippen molar-refractivity contribution in [1.82, 2.24) is 30.1 Å². The van der Waals surface area contributed by atoms with E-state index in [0.29, 0.717) is 33.8 Å². The molecule has 6 rings (SSSR count). The molecule has 7 heteroatoms. The number of fused-ring (bicyclic) bond motifs is 2. The number of rotatable bonds is 3. The van der Waals surface area contributed by atoms with Crippen LogP contribution in [0.25, 0.3) is 56.0 Å². The van der Waals surface area contributed by atoms with Crippen LogP contribution in [-0.2, 0) is 0 Å². The third kappa shape index (κ3) is 2.86. The highest BCUT2D eigenvalue weighted by atomic mass is 19.1. The molecule has 0 unspecified atom stereocenters. The van der Waals surface area contributed by atoms with Crippen molar-refractivity contribution >= 4 is 22.1 Å². The second-order valence-corrected chi connectivity index (χ2v) is 7.17. The van der Waals surface area contributed by atoms with Crippen molar-refractivity contribution in [2.45, 2.75) is 0 Å². The molecule has 2 aromatic carbocycles. The van der Waals surface area contributed by atoms with Crippen LogP contribution >= 0.6 is 0 Å². The Balaban J connectivity index is 1.53. The molecule has 0 saturated heterocycles. The smallest absolute Gasteiger partial charge is 0.178 e. The summed E-state index contributed by atoms with van der Waals surface area (Å²) in [5, 5.41) is 8.44. The molecule has 0 atom stereocenters. The van der Waals surface area contributed by atoms with Crippen LogP contribution in [0.1, 0.15) is 0 Å². The molecule has 4 heterocycles. The van der Waals surface area contributed by atoms with E-state index in [1.807, 2.05) is 42.5 Å². The van der Waals surface area contributed by atoms with Gasteiger partial charge >= 0.3 is 0 Å². The van der Waals surface area contributed by atoms with E-state index < -0.39 is 0 Å². The number of aromatic amines is 2. The summed E-state index contributed by atoms with van der Waals surface area (Å²) < 4.78 is 14.4. The molecule has 0 aliphatic heterocycles. The van der Waals surface area contributed by atoms with Crippen molar-refractivity contribution in [1.29, 1.82) is 0 Å². The molecule has 0 saturated carbocycles. The van der Waals surface area contributed by atoms with Gasteiger partial charge in [-0.3, -0.25) is 10.1 Å². The maximum Gasteiger partial charge on any atom is 0.178 e. The van der Waals surface area contributed by atoms with E-state index in [-0.39, 0.29) is 5.82 Å². The lowest BCUT2D eigenvalue weighted by atomic mass is 10.1. The average molecular weight is 406 g/mol. The Morgan fingerprint density at radius 1 is 0.806 bits per heavy atom. The summed E-state index contributed by atoms with van der Waals surface area (Å²) in [7, 11) is 0. The molecule has 148 valence electrons. The van der Waals surface area contributed by atoms with Crippen molar-refractivity contribution in [3.63, 3.8) is 0 Å². The molecular formula is C24H15FN6. The van der Waals surface area contributed by atoms with Gasteiger partial charge in [0, 0.05) is 34.5 Å². The molecule has 31 heavy (non-hydrogen) atoms. The van der Waals surface area contributed by atoms with Crippen LogP contribution in [0.4, 0.5) is 4.39 Å². The molecule has 6 nitrogen and oxygen atoms in total. The van der Waals surface area contributed by atoms with Gasteiger partial charge < -0.3 is 4.98 Å². The van der Waals surface area contributed by atoms with Crippen LogP contribution in [0.15, 0.2) is 79.1 Å². The average Bonchev–Trinajstić information content (AvgIpc) is 3.43. The van der Waals surface area contributed by atoms with Gasteiger partial charge in [-0.25, -0.2) is 14.4 Å². The number of halogens is 1. The van der Waals surface area contributed by atoms with E-state index in [0.717, 1.165) is 22.2 Å². The van der Waals surface area contributed by atoms with Crippen molar-refractivity contribution in [2.24, 2.45) is 0 Å². The maximum absolute atomic E-state index is 14.4. The monoisotopic (exact) mass is 406 g/mol. The number of aromatic nitrogens is 6. The van der Waals surface area contributed by atoms with Crippen LogP contribution in [0.3, 0.4) is 0 Å². The lowest BCUT2D eigenvalue weighted by Crippen LogP contribution is -1.87. The van der Waals surface area contributed by atoms with E-state index in [9.17, 15) is 4.39 Å². The van der Waals surface area contributed by atoms with Gasteiger partial charge in [-0.2, -0.15) is 5.10 Å². The molecule has 0 bridgehead atoms. The largest absolute Gasteiger partial charge is 0.335 e. The number of pyridine rings is 2. The molecule has 0 fully saturated rings. The Hall–Kier alpha value is -4.39. The third-order valence-corrected chi connectivity index (χ3v) is 5.30. The predicted molar refractivity (Wildman–Crippen MR) is 118 cm³/mol. The summed E-state index contributed by atoms with van der Waals surface area (Å²) in [4.78, 5) is 16.7. The lowest BCUT2D eigenvalue weighted by molar-refractivity contribution is 0.631. The first kappa shape index (κ1) is 17.5. The summed E-state index contributed by atoms with van der Waals surface area (Å²) in [5.74, 6) is 0.270. The van der Waals surface area contributed by atoms with Gasteiger partial charge in [-0.15, -0.1) is 0 Å². The van der Waals surface area contributed by atoms with Crippen LogP contribution in [-0.4, -0.2) is 30.1 Å². The standard InChI is InChI=1S/C24H15FN6/c25-18-6-2-1-5-15(18)16-10-12-27-23-21(16)28-24(29-23)22-17-13-14(8-9-20(17)30-31-22)19-7-3-4-11-26-19/h1-13H,(H,30,31)(H,27,28,29). The van der Waals surface area contributed by atoms with Crippen molar-refractivity contribution in [3.05, 3.63) is 84.9 Å². The molecule has 6 aromatic rings. The highest BCUT2D eigenvalue weighted by molar-refractivity contribution is 5.97. The Kier molecular flexibility index (Phi) is 3.86. The van der Waals surface area contributed by atoms with Crippen LogP contribution in [0.5, 0.6) is 0 Å². The minimum atomic E-state index is -0.295. The van der Waals surface area contributed by atoms with Gasteiger partial charge in [0.15, 0.2) is 11.5 Å². The fourth-order valence-electron chi connectivity index (χ4n) is 3.81. The van der Waals surface area contributed by atoms with Gasteiger partial charge in [0.05, 0.1) is 16.7 Å². The maximum atomic E-state index is 14.4. The zero-order chi connectivity index (χ0) is 20.8. The molecular weight excluding hydrogens is 391 g/mol. The minimum Gasteiger partial charge on any atom is -0.335 e. The molecule has 0 spiro atoms. The van der Waals surface area contributed by atoms with Crippen LogP contribution in [0, 0.1) is 5.82 Å². The van der Waals surface area contributed by atoms with Crippen molar-refractivity contribution < 1.29 is 4.39 Å². The topological polar surface area (TPSA) is 83.1 Å². The summed E-state index contributed by atoms with van der Waals surface area (Å²) in [6.45, 7) is 0. The van der Waals surface area contributed by atoms with Gasteiger partial charge in [0.2, 0.25) is 0 Å². The number of hydrogen-bond acceptors (Lipinski definition) is 4. The summed E-state index contributed by atoms with van der Waals surface area (Å²) >= 11 is 0. The number of benzene rings is 2. The van der Waals surface area contributed by atoms with Crippen molar-refractivity contribution in [2.75, 3.05) is 0 Å². The molecule has 4 aromatic heterocycles. The van der Waals surface area contributed by atoms with Gasteiger partial charge in [0.25, 0.3) is 0 Å². The normalized spacial score (nSPS) is 11.4. The second-order valence-electron chi connectivity index (χ2n) is 7.17. The number of imidazole rings is 1. The van der Waals surface area contributed by atoms with Gasteiger partial charge in [-0.05, 0) is 36.4 Å². The predicted octanol–water partition coefficient (Wildman–Crippen LogP) is 5.37. The van der Waals surface area contributed by atoms with E-state index >= 15 is 0 Å². The number of nitrogens with zero attached hydrogens (tertiary/aromatic N) is 4. The lowest BCUT2D eigenvalue weighted by Gasteiger charge is -2.03. The van der Waals surface area contributed by atoms with E-state index in [2.05, 4.69) is 30.1 Å². The number of nitrogens with one attached hydrogen (secondary N) is 2. The molecule has 0 aliphatic carbocycles. The van der Waals surface area contributed by atoms with E-state index in [4.69, 9.17) is 0 Å². The Morgan fingerprint density at radius 3 is 2.58 bits per heavy atom. The van der Waals surface area contributed by atoms with Crippen LogP contribution in [0.2, 0.25) is 0 Å². The first-order valence-electron chi connectivity index (χ1n) is 9.77. The SMILES string of the molecule is Fc1ccccc1-c1ccnc2nc(-c3n[nH]c4ccc(-c5ccccn5)cc34)[nH]c12. The summed E-state index contributed by atoms with van der Waals surface area (Å²) in [6.07, 6.45) is 3.40. The summed E-state index contributed by atoms with van der Waals surface area (Å²) in [5.41, 5.74) is 5.79. The molecule has 0 amide bonds. The Morgan fingerprint density at radius 2 is 1.71 bits per heavy atom. The van der Waals surface area contributed by atoms with Gasteiger partial charge in [-0.1, -0.05) is 30.3 Å². The quantitative estimate of drug-likeness (QED) is 0.414. The molecule has 0 aliphatic rings. The zero-order valence-corrected chi connectivity index (χ0v) is 16.2. The van der Waals surface area contributed by atoms with E-state index in [1.165, 1.54) is 6.07 Å². The molecule has 0 radical (unpaired) electrons. The van der Waals surface area contributed by atoms with Crippen molar-refractivity contribution in [3.8, 4) is 33.9 Å². The first-order chi connectivity index (χ1) is 15.3. The summed E-state index contributed by atoms with van der Waals surface area (Å²) in [6, 6.07) is 20.3. The Labute approximate surface area is 175 Å². The second kappa shape index (κ2) is 6.84. The highest BCUT2D eigenvalue weighted by Gasteiger charge is 2.17. The van der Waals surface area contributed by atoms with Crippen LogP contribution < -0.4 is 0 Å².